The van der Waals surface area contributed by atoms with Gasteiger partial charge in [-0.1, -0.05) is 34.6 Å². The molecule has 2 unspecified atom stereocenters. The molecule has 1 fully saturated rings. The first-order valence-corrected chi connectivity index (χ1v) is 7.94. The molecule has 0 aromatic heterocycles. The Morgan fingerprint density at radius 1 is 1.22 bits per heavy atom. The summed E-state index contributed by atoms with van der Waals surface area (Å²) < 4.78 is 0. The fourth-order valence-corrected chi connectivity index (χ4v) is 3.38. The second-order valence-electron chi connectivity index (χ2n) is 6.83. The molecule has 0 aromatic rings. The maximum absolute atomic E-state index is 3.79. The molecule has 1 N–H and O–H groups in total. The van der Waals surface area contributed by atoms with E-state index in [4.69, 9.17) is 0 Å². The lowest BCUT2D eigenvalue weighted by Gasteiger charge is -2.39. The molecule has 0 heterocycles. The van der Waals surface area contributed by atoms with Gasteiger partial charge in [0.25, 0.3) is 0 Å². The summed E-state index contributed by atoms with van der Waals surface area (Å²) in [6.07, 6.45) is 5.40. The van der Waals surface area contributed by atoms with Gasteiger partial charge >= 0.3 is 0 Å². The van der Waals surface area contributed by atoms with E-state index in [0.717, 1.165) is 12.0 Å². The molecule has 2 heteroatoms. The molecule has 18 heavy (non-hydrogen) atoms. The number of hydrogen-bond acceptors (Lipinski definition) is 2. The standard InChI is InChI=1S/C16H34N2/c1-6-18(7-2)12-8-11-17-15-9-10-16(4,5)13-14(15)3/h14-15,17H,6-13H2,1-5H3. The Labute approximate surface area is 115 Å². The maximum Gasteiger partial charge on any atom is 0.00931 e. The smallest absolute Gasteiger partial charge is 0.00931 e. The average molecular weight is 254 g/mol. The number of nitrogens with zero attached hydrogens (tertiary/aromatic N) is 1. The molecule has 1 aliphatic rings. The molecule has 0 amide bonds. The van der Waals surface area contributed by atoms with Crippen molar-refractivity contribution < 1.29 is 0 Å². The van der Waals surface area contributed by atoms with Crippen LogP contribution in [-0.2, 0) is 0 Å². The van der Waals surface area contributed by atoms with Crippen molar-refractivity contribution in [2.75, 3.05) is 26.2 Å². The van der Waals surface area contributed by atoms with Crippen LogP contribution in [0.4, 0.5) is 0 Å². The van der Waals surface area contributed by atoms with E-state index in [-0.39, 0.29) is 0 Å². The van der Waals surface area contributed by atoms with Gasteiger partial charge in [-0.2, -0.15) is 0 Å². The van der Waals surface area contributed by atoms with Gasteiger partial charge in [0.1, 0.15) is 0 Å². The Kier molecular flexibility index (Phi) is 6.65. The minimum absolute atomic E-state index is 0.568. The highest BCUT2D eigenvalue weighted by atomic mass is 15.1. The van der Waals surface area contributed by atoms with Gasteiger partial charge in [-0.05, 0) is 63.2 Å². The molecule has 0 radical (unpaired) electrons. The van der Waals surface area contributed by atoms with Crippen molar-refractivity contribution in [2.45, 2.75) is 66.3 Å². The molecule has 2 nitrogen and oxygen atoms in total. The molecule has 108 valence electrons. The maximum atomic E-state index is 3.79. The number of rotatable bonds is 7. The highest BCUT2D eigenvalue weighted by Crippen LogP contribution is 2.38. The van der Waals surface area contributed by atoms with Gasteiger partial charge in [0.2, 0.25) is 0 Å². The van der Waals surface area contributed by atoms with Crippen molar-refractivity contribution in [3.05, 3.63) is 0 Å². The van der Waals surface area contributed by atoms with Crippen molar-refractivity contribution in [1.29, 1.82) is 0 Å². The fraction of sp³-hybridized carbons (Fsp3) is 1.00. The highest BCUT2D eigenvalue weighted by Gasteiger charge is 2.31. The first-order chi connectivity index (χ1) is 8.48. The summed E-state index contributed by atoms with van der Waals surface area (Å²) in [5.74, 6) is 0.835. The first kappa shape index (κ1) is 16.0. The van der Waals surface area contributed by atoms with Crippen molar-refractivity contribution in [2.24, 2.45) is 11.3 Å². The molecule has 0 saturated heterocycles. The second-order valence-corrected chi connectivity index (χ2v) is 6.83. The molecule has 2 atom stereocenters. The third-order valence-electron chi connectivity index (χ3n) is 4.65. The summed E-state index contributed by atoms with van der Waals surface area (Å²) >= 11 is 0. The third-order valence-corrected chi connectivity index (χ3v) is 4.65. The van der Waals surface area contributed by atoms with Crippen LogP contribution in [0.25, 0.3) is 0 Å². The number of hydrogen-bond donors (Lipinski definition) is 1. The predicted molar refractivity (Wildman–Crippen MR) is 81.0 cm³/mol. The summed E-state index contributed by atoms with van der Waals surface area (Å²) in [6.45, 7) is 16.6. The summed E-state index contributed by atoms with van der Waals surface area (Å²) in [5.41, 5.74) is 0.568. The summed E-state index contributed by atoms with van der Waals surface area (Å²) in [7, 11) is 0. The van der Waals surface area contributed by atoms with Crippen molar-refractivity contribution >= 4 is 0 Å². The zero-order chi connectivity index (χ0) is 13.6. The van der Waals surface area contributed by atoms with E-state index >= 15 is 0 Å². The molecule has 1 aliphatic carbocycles. The van der Waals surface area contributed by atoms with E-state index in [2.05, 4.69) is 44.8 Å². The molecule has 0 bridgehead atoms. The van der Waals surface area contributed by atoms with Crippen molar-refractivity contribution in [3.63, 3.8) is 0 Å². The fourth-order valence-electron chi connectivity index (χ4n) is 3.38. The van der Waals surface area contributed by atoms with Crippen LogP contribution < -0.4 is 5.32 Å². The van der Waals surface area contributed by atoms with E-state index in [1.807, 2.05) is 0 Å². The lowest BCUT2D eigenvalue weighted by atomic mass is 9.70. The van der Waals surface area contributed by atoms with Gasteiger partial charge in [0.05, 0.1) is 0 Å². The largest absolute Gasteiger partial charge is 0.314 e. The summed E-state index contributed by atoms with van der Waals surface area (Å²) in [5, 5.41) is 3.79. The molecule has 0 spiro atoms. The van der Waals surface area contributed by atoms with Gasteiger partial charge in [-0.25, -0.2) is 0 Å². The lowest BCUT2D eigenvalue weighted by Crippen LogP contribution is -2.42. The van der Waals surface area contributed by atoms with E-state index in [0.29, 0.717) is 5.41 Å². The van der Waals surface area contributed by atoms with Gasteiger partial charge < -0.3 is 10.2 Å². The third kappa shape index (κ3) is 5.27. The zero-order valence-corrected chi connectivity index (χ0v) is 13.3. The first-order valence-electron chi connectivity index (χ1n) is 7.94. The monoisotopic (exact) mass is 254 g/mol. The molecule has 1 saturated carbocycles. The zero-order valence-electron chi connectivity index (χ0n) is 13.3. The average Bonchev–Trinajstić information content (AvgIpc) is 2.31. The Morgan fingerprint density at radius 2 is 1.89 bits per heavy atom. The molecule has 0 aliphatic heterocycles. The SMILES string of the molecule is CCN(CC)CCCNC1CCC(C)(C)CC1C. The number of nitrogens with one attached hydrogen (secondary N) is 1. The molecule has 0 aromatic carbocycles. The van der Waals surface area contributed by atoms with Gasteiger partial charge in [-0.3, -0.25) is 0 Å². The van der Waals surface area contributed by atoms with Crippen molar-refractivity contribution in [1.82, 2.24) is 10.2 Å². The van der Waals surface area contributed by atoms with Gasteiger partial charge in [0, 0.05) is 6.04 Å². The topological polar surface area (TPSA) is 15.3 Å². The van der Waals surface area contributed by atoms with Crippen LogP contribution in [-0.4, -0.2) is 37.1 Å². The summed E-state index contributed by atoms with van der Waals surface area (Å²) in [4.78, 5) is 2.51. The van der Waals surface area contributed by atoms with Crippen LogP contribution in [0.1, 0.15) is 60.3 Å². The quantitative estimate of drug-likeness (QED) is 0.699. The highest BCUT2D eigenvalue weighted by molar-refractivity contribution is 4.86. The van der Waals surface area contributed by atoms with Gasteiger partial charge in [-0.15, -0.1) is 0 Å². The van der Waals surface area contributed by atoms with E-state index in [1.165, 1.54) is 51.9 Å². The van der Waals surface area contributed by atoms with Gasteiger partial charge in [0.15, 0.2) is 0 Å². The van der Waals surface area contributed by atoms with Crippen LogP contribution in [0, 0.1) is 11.3 Å². The minimum Gasteiger partial charge on any atom is -0.314 e. The minimum atomic E-state index is 0.568. The normalized spacial score (nSPS) is 27.7. The van der Waals surface area contributed by atoms with Crippen LogP contribution >= 0.6 is 0 Å². The van der Waals surface area contributed by atoms with E-state index in [9.17, 15) is 0 Å². The molecule has 1 rings (SSSR count). The van der Waals surface area contributed by atoms with E-state index in [1.54, 1.807) is 0 Å². The van der Waals surface area contributed by atoms with Crippen LogP contribution in [0.2, 0.25) is 0 Å². The van der Waals surface area contributed by atoms with Crippen LogP contribution in [0.3, 0.4) is 0 Å². The summed E-state index contributed by atoms with van der Waals surface area (Å²) in [6, 6.07) is 0.759. The second kappa shape index (κ2) is 7.49. The Balaban J connectivity index is 2.16. The lowest BCUT2D eigenvalue weighted by molar-refractivity contribution is 0.148. The van der Waals surface area contributed by atoms with Crippen LogP contribution in [0.15, 0.2) is 0 Å². The Hall–Kier alpha value is -0.0800. The molecular formula is C16H34N2. The van der Waals surface area contributed by atoms with Crippen molar-refractivity contribution in [3.8, 4) is 0 Å². The Morgan fingerprint density at radius 3 is 2.44 bits per heavy atom. The molecular weight excluding hydrogens is 220 g/mol. The van der Waals surface area contributed by atoms with E-state index < -0.39 is 0 Å². The van der Waals surface area contributed by atoms with Crippen LogP contribution in [0.5, 0.6) is 0 Å². The predicted octanol–water partition coefficient (Wildman–Crippen LogP) is 3.52. The Bertz CT molecular complexity index is 221.